The van der Waals surface area contributed by atoms with E-state index in [1.165, 1.54) is 18.5 Å². The SMILES string of the molecule is CC.COC(CN(Cc1ccc(C)cc1)S(=O)(=O)c1ccc(C)cc1)OC. The first-order valence-corrected chi connectivity index (χ1v) is 10.5. The molecule has 0 N–H and O–H groups in total. The van der Waals surface area contributed by atoms with E-state index in [0.717, 1.165) is 16.7 Å². The van der Waals surface area contributed by atoms with Crippen molar-refractivity contribution in [2.75, 3.05) is 20.8 Å². The van der Waals surface area contributed by atoms with Crippen molar-refractivity contribution in [3.63, 3.8) is 0 Å². The largest absolute Gasteiger partial charge is 0.354 e. The van der Waals surface area contributed by atoms with Crippen molar-refractivity contribution in [1.29, 1.82) is 0 Å². The number of methoxy groups -OCH3 is 2. The molecule has 0 saturated carbocycles. The topological polar surface area (TPSA) is 55.8 Å². The molecule has 0 fully saturated rings. The summed E-state index contributed by atoms with van der Waals surface area (Å²) in [5.41, 5.74) is 3.05. The summed E-state index contributed by atoms with van der Waals surface area (Å²) in [5.74, 6) is 0. The van der Waals surface area contributed by atoms with Crippen LogP contribution in [0, 0.1) is 13.8 Å². The zero-order valence-corrected chi connectivity index (χ0v) is 17.9. The minimum Gasteiger partial charge on any atom is -0.354 e. The molecule has 0 bridgehead atoms. The molecule has 0 aliphatic carbocycles. The van der Waals surface area contributed by atoms with Gasteiger partial charge in [0.15, 0.2) is 6.29 Å². The van der Waals surface area contributed by atoms with E-state index < -0.39 is 16.3 Å². The summed E-state index contributed by atoms with van der Waals surface area (Å²) in [4.78, 5) is 0.260. The van der Waals surface area contributed by atoms with E-state index in [4.69, 9.17) is 9.47 Å². The van der Waals surface area contributed by atoms with E-state index in [0.29, 0.717) is 0 Å². The van der Waals surface area contributed by atoms with Crippen molar-refractivity contribution in [3.05, 3.63) is 65.2 Å². The molecule has 2 aromatic rings. The highest BCUT2D eigenvalue weighted by Crippen LogP contribution is 2.20. The zero-order valence-electron chi connectivity index (χ0n) is 17.1. The molecule has 0 aliphatic heterocycles. The molecular formula is C21H31NO4S. The van der Waals surface area contributed by atoms with Crippen molar-refractivity contribution in [2.24, 2.45) is 0 Å². The number of nitrogens with zero attached hydrogens (tertiary/aromatic N) is 1. The van der Waals surface area contributed by atoms with Gasteiger partial charge in [0, 0.05) is 20.8 Å². The molecule has 0 saturated heterocycles. The molecule has 0 unspecified atom stereocenters. The van der Waals surface area contributed by atoms with E-state index in [9.17, 15) is 8.42 Å². The summed E-state index contributed by atoms with van der Waals surface area (Å²) >= 11 is 0. The second-order valence-electron chi connectivity index (χ2n) is 6.00. The van der Waals surface area contributed by atoms with Gasteiger partial charge < -0.3 is 9.47 Å². The predicted molar refractivity (Wildman–Crippen MR) is 109 cm³/mol. The van der Waals surface area contributed by atoms with E-state index in [1.807, 2.05) is 52.0 Å². The molecule has 6 heteroatoms. The van der Waals surface area contributed by atoms with Crippen LogP contribution in [0.5, 0.6) is 0 Å². The van der Waals surface area contributed by atoms with Gasteiger partial charge in [-0.05, 0) is 31.5 Å². The molecule has 0 radical (unpaired) electrons. The average Bonchev–Trinajstić information content (AvgIpc) is 2.68. The Bertz CT molecular complexity index is 767. The smallest absolute Gasteiger partial charge is 0.243 e. The first-order valence-electron chi connectivity index (χ1n) is 9.04. The Kier molecular flexibility index (Phi) is 9.66. The van der Waals surface area contributed by atoms with Crippen molar-refractivity contribution >= 4 is 10.0 Å². The van der Waals surface area contributed by atoms with Gasteiger partial charge in [-0.3, -0.25) is 0 Å². The van der Waals surface area contributed by atoms with E-state index in [1.54, 1.807) is 24.3 Å². The summed E-state index contributed by atoms with van der Waals surface area (Å²) in [6, 6.07) is 14.6. The van der Waals surface area contributed by atoms with Crippen LogP contribution in [-0.2, 0) is 26.0 Å². The summed E-state index contributed by atoms with van der Waals surface area (Å²) < 4.78 is 38.0. The lowest BCUT2D eigenvalue weighted by Gasteiger charge is -2.26. The number of hydrogen-bond donors (Lipinski definition) is 0. The number of hydrogen-bond acceptors (Lipinski definition) is 4. The maximum Gasteiger partial charge on any atom is 0.243 e. The molecule has 0 spiro atoms. The molecule has 27 heavy (non-hydrogen) atoms. The number of sulfonamides is 1. The van der Waals surface area contributed by atoms with Crippen molar-refractivity contribution in [1.82, 2.24) is 4.31 Å². The second kappa shape index (κ2) is 11.2. The third-order valence-corrected chi connectivity index (χ3v) is 5.84. The fraction of sp³-hybridized carbons (Fsp3) is 0.429. The number of aryl methyl sites for hydroxylation is 2. The van der Waals surface area contributed by atoms with E-state index in [-0.39, 0.29) is 18.0 Å². The van der Waals surface area contributed by atoms with Crippen LogP contribution in [0.2, 0.25) is 0 Å². The molecular weight excluding hydrogens is 362 g/mol. The summed E-state index contributed by atoms with van der Waals surface area (Å²) in [7, 11) is -0.675. The van der Waals surface area contributed by atoms with Gasteiger partial charge in [0.25, 0.3) is 0 Å². The van der Waals surface area contributed by atoms with Crippen LogP contribution < -0.4 is 0 Å². The molecule has 5 nitrogen and oxygen atoms in total. The van der Waals surface area contributed by atoms with Gasteiger partial charge in [0.1, 0.15) is 0 Å². The summed E-state index contributed by atoms with van der Waals surface area (Å²) in [6.07, 6.45) is -0.634. The van der Waals surface area contributed by atoms with E-state index in [2.05, 4.69) is 0 Å². The van der Waals surface area contributed by atoms with Gasteiger partial charge >= 0.3 is 0 Å². The Balaban J connectivity index is 0.00000176. The Morgan fingerprint density at radius 2 is 1.30 bits per heavy atom. The first kappa shape index (κ1) is 23.3. The van der Waals surface area contributed by atoms with Crippen LogP contribution >= 0.6 is 0 Å². The number of rotatable bonds is 8. The minimum atomic E-state index is -3.67. The average molecular weight is 394 g/mol. The van der Waals surface area contributed by atoms with Gasteiger partial charge in [-0.15, -0.1) is 0 Å². The molecule has 0 aromatic heterocycles. The van der Waals surface area contributed by atoms with E-state index >= 15 is 0 Å². The number of benzene rings is 2. The van der Waals surface area contributed by atoms with Crippen LogP contribution in [0.3, 0.4) is 0 Å². The second-order valence-corrected chi connectivity index (χ2v) is 7.94. The lowest BCUT2D eigenvalue weighted by Crippen LogP contribution is -2.38. The maximum absolute atomic E-state index is 13.1. The van der Waals surface area contributed by atoms with Gasteiger partial charge in [-0.1, -0.05) is 61.4 Å². The van der Waals surface area contributed by atoms with Crippen molar-refractivity contribution < 1.29 is 17.9 Å². The highest BCUT2D eigenvalue weighted by atomic mass is 32.2. The van der Waals surface area contributed by atoms with Crippen LogP contribution in [-0.4, -0.2) is 39.8 Å². The highest BCUT2D eigenvalue weighted by molar-refractivity contribution is 7.89. The third kappa shape index (κ3) is 6.74. The third-order valence-electron chi connectivity index (χ3n) is 4.02. The predicted octanol–water partition coefficient (Wildman–Crippen LogP) is 4.14. The first-order chi connectivity index (χ1) is 12.9. The quantitative estimate of drug-likeness (QED) is 0.633. The molecule has 0 aliphatic rings. The zero-order chi connectivity index (χ0) is 20.4. The molecule has 2 aromatic carbocycles. The Morgan fingerprint density at radius 1 is 0.852 bits per heavy atom. The van der Waals surface area contributed by atoms with Gasteiger partial charge in [-0.2, -0.15) is 4.31 Å². The fourth-order valence-electron chi connectivity index (χ4n) is 2.42. The Morgan fingerprint density at radius 3 is 1.74 bits per heavy atom. The van der Waals surface area contributed by atoms with Gasteiger partial charge in [0.2, 0.25) is 10.0 Å². The molecule has 150 valence electrons. The van der Waals surface area contributed by atoms with Crippen molar-refractivity contribution in [3.8, 4) is 0 Å². The number of ether oxygens (including phenoxy) is 2. The lowest BCUT2D eigenvalue weighted by atomic mass is 10.1. The summed E-state index contributed by atoms with van der Waals surface area (Å²) in [6.45, 7) is 8.28. The highest BCUT2D eigenvalue weighted by Gasteiger charge is 2.27. The summed E-state index contributed by atoms with van der Waals surface area (Å²) in [5, 5.41) is 0. The monoisotopic (exact) mass is 393 g/mol. The van der Waals surface area contributed by atoms with Crippen LogP contribution in [0.4, 0.5) is 0 Å². The molecule has 0 atom stereocenters. The minimum absolute atomic E-state index is 0.108. The molecule has 0 heterocycles. The molecule has 2 rings (SSSR count). The lowest BCUT2D eigenvalue weighted by molar-refractivity contribution is -0.108. The fourth-order valence-corrected chi connectivity index (χ4v) is 3.83. The van der Waals surface area contributed by atoms with Gasteiger partial charge in [0.05, 0.1) is 11.4 Å². The van der Waals surface area contributed by atoms with Gasteiger partial charge in [-0.25, -0.2) is 8.42 Å². The van der Waals surface area contributed by atoms with Crippen molar-refractivity contribution in [2.45, 2.75) is 45.4 Å². The maximum atomic E-state index is 13.1. The van der Waals surface area contributed by atoms with Crippen LogP contribution in [0.15, 0.2) is 53.4 Å². The normalized spacial score (nSPS) is 11.4. The van der Waals surface area contributed by atoms with Crippen LogP contribution in [0.1, 0.15) is 30.5 Å². The Hall–Kier alpha value is -1.73. The van der Waals surface area contributed by atoms with Crippen LogP contribution in [0.25, 0.3) is 0 Å². The standard InChI is InChI=1S/C19H25NO4S.C2H6/c1-15-5-9-17(10-6-15)13-20(14-19(23-3)24-4)25(21,22)18-11-7-16(2)8-12-18;1-2/h5-12,19H,13-14H2,1-4H3;1-2H3. The Labute approximate surface area is 164 Å². The molecule has 0 amide bonds.